The molecule has 0 atom stereocenters. The normalized spacial score (nSPS) is 21.4. The van der Waals surface area contributed by atoms with Crippen LogP contribution in [0.1, 0.15) is 101 Å². The fraction of sp³-hybridized carbons (Fsp3) is 0.645. The number of rotatable bonds is 5. The quantitative estimate of drug-likeness (QED) is 0.477. The van der Waals surface area contributed by atoms with Crippen LogP contribution in [0.15, 0.2) is 18.2 Å². The molecule has 4 rings (SSSR count). The second-order valence-electron chi connectivity index (χ2n) is 13.4. The molecule has 0 bridgehead atoms. The van der Waals surface area contributed by atoms with Gasteiger partial charge < -0.3 is 14.6 Å². The second-order valence-corrected chi connectivity index (χ2v) is 13.4. The van der Waals surface area contributed by atoms with Gasteiger partial charge in [-0.2, -0.15) is 0 Å². The van der Waals surface area contributed by atoms with Crippen LogP contribution < -0.4 is 5.32 Å². The first kappa shape index (κ1) is 26.9. The largest absolute Gasteiger partial charge is 0.377 e. The van der Waals surface area contributed by atoms with Gasteiger partial charge in [-0.05, 0) is 77.3 Å². The lowest BCUT2D eigenvalue weighted by Gasteiger charge is -2.29. The summed E-state index contributed by atoms with van der Waals surface area (Å²) in [4.78, 5) is 13.3. The maximum atomic E-state index is 15.8. The fourth-order valence-electron chi connectivity index (χ4n) is 5.57. The van der Waals surface area contributed by atoms with E-state index in [4.69, 9.17) is 4.74 Å². The molecule has 1 saturated heterocycles. The van der Waals surface area contributed by atoms with E-state index in [-0.39, 0.29) is 28.6 Å². The van der Waals surface area contributed by atoms with E-state index in [1.165, 1.54) is 25.7 Å². The van der Waals surface area contributed by atoms with E-state index in [0.29, 0.717) is 24.7 Å². The molecule has 1 aromatic carbocycles. The van der Waals surface area contributed by atoms with Gasteiger partial charge in [-0.25, -0.2) is 4.39 Å². The van der Waals surface area contributed by atoms with E-state index in [9.17, 15) is 4.79 Å². The fourth-order valence-corrected chi connectivity index (χ4v) is 5.57. The zero-order valence-electron chi connectivity index (χ0n) is 23.6. The van der Waals surface area contributed by atoms with Crippen molar-refractivity contribution in [3.8, 4) is 11.3 Å². The molecule has 36 heavy (non-hydrogen) atoms. The van der Waals surface area contributed by atoms with Crippen LogP contribution in [0.5, 0.6) is 0 Å². The first-order valence-electron chi connectivity index (χ1n) is 13.7. The maximum absolute atomic E-state index is 15.8. The number of hydrogen-bond acceptors (Lipinski definition) is 2. The summed E-state index contributed by atoms with van der Waals surface area (Å²) >= 11 is 0. The molecule has 0 unspecified atom stereocenters. The lowest BCUT2D eigenvalue weighted by Crippen LogP contribution is -2.48. The van der Waals surface area contributed by atoms with Crippen molar-refractivity contribution in [2.75, 3.05) is 13.2 Å². The monoisotopic (exact) mass is 496 g/mol. The Labute approximate surface area is 217 Å². The number of carbonyl (C=O) groups excluding carboxylic acids is 1. The molecule has 1 aromatic heterocycles. The number of nitrogens with one attached hydrogen (secondary N) is 1. The molecule has 2 aliphatic rings. The molecular weight excluding hydrogens is 451 g/mol. The molecule has 2 heterocycles. The van der Waals surface area contributed by atoms with Crippen LogP contribution >= 0.6 is 0 Å². The number of ether oxygens (including phenoxy) is 1. The predicted octanol–water partition coefficient (Wildman–Crippen LogP) is 7.15. The van der Waals surface area contributed by atoms with Gasteiger partial charge in [0, 0.05) is 17.9 Å². The Kier molecular flexibility index (Phi) is 7.45. The van der Waals surface area contributed by atoms with Crippen molar-refractivity contribution in [3.63, 3.8) is 0 Å². The Morgan fingerprint density at radius 3 is 2.03 bits per heavy atom. The molecule has 0 spiro atoms. The Balaban J connectivity index is 1.83. The van der Waals surface area contributed by atoms with Gasteiger partial charge >= 0.3 is 0 Å². The standard InChI is InChI=1S/C31H45FN2O2/c1-19-9-11-21(12-10-19)16-34-20(2)24(29(35)33-23-17-36-18-23)15-27(34)22-13-25(30(3,4)5)28(32)26(14-22)31(6,7)8/h13-15,19,21,23H,9-12,16-18H2,1-8H3,(H,33,35). The van der Waals surface area contributed by atoms with Crippen LogP contribution in [0.4, 0.5) is 4.39 Å². The number of aromatic nitrogens is 1. The van der Waals surface area contributed by atoms with E-state index in [2.05, 4.69) is 65.3 Å². The number of benzene rings is 1. The summed E-state index contributed by atoms with van der Waals surface area (Å²) < 4.78 is 23.4. The molecule has 4 nitrogen and oxygen atoms in total. The molecule has 1 aliphatic carbocycles. The SMILES string of the molecule is Cc1c(C(=O)NC2COC2)cc(-c2cc(C(C)(C)C)c(F)c(C(C)(C)C)c2)n1CC1CCC(C)CC1. The van der Waals surface area contributed by atoms with Gasteiger partial charge in [0.05, 0.1) is 24.8 Å². The zero-order chi connectivity index (χ0) is 26.4. The minimum Gasteiger partial charge on any atom is -0.377 e. The number of nitrogens with zero attached hydrogens (tertiary/aromatic N) is 1. The van der Waals surface area contributed by atoms with Gasteiger partial charge in [0.15, 0.2) is 0 Å². The van der Waals surface area contributed by atoms with E-state index >= 15 is 4.39 Å². The molecule has 198 valence electrons. The minimum atomic E-state index is -0.337. The molecule has 2 aromatic rings. The number of hydrogen-bond donors (Lipinski definition) is 1. The van der Waals surface area contributed by atoms with Crippen molar-refractivity contribution in [2.45, 2.75) is 104 Å². The van der Waals surface area contributed by atoms with Crippen LogP contribution in [0, 0.1) is 24.6 Å². The maximum Gasteiger partial charge on any atom is 0.253 e. The highest BCUT2D eigenvalue weighted by Crippen LogP contribution is 2.39. The van der Waals surface area contributed by atoms with Crippen molar-refractivity contribution >= 4 is 5.91 Å². The molecular formula is C31H45FN2O2. The molecule has 1 N–H and O–H groups in total. The van der Waals surface area contributed by atoms with Gasteiger partial charge in [-0.1, -0.05) is 61.3 Å². The van der Waals surface area contributed by atoms with Crippen LogP contribution in [0.25, 0.3) is 11.3 Å². The van der Waals surface area contributed by atoms with Crippen LogP contribution in [0.3, 0.4) is 0 Å². The first-order valence-corrected chi connectivity index (χ1v) is 13.7. The van der Waals surface area contributed by atoms with E-state index in [0.717, 1.165) is 40.5 Å². The topological polar surface area (TPSA) is 43.3 Å². The Morgan fingerprint density at radius 1 is 1.00 bits per heavy atom. The van der Waals surface area contributed by atoms with E-state index in [1.54, 1.807) is 0 Å². The molecule has 1 aliphatic heterocycles. The lowest BCUT2D eigenvalue weighted by molar-refractivity contribution is -0.00347. The Bertz CT molecular complexity index is 1070. The summed E-state index contributed by atoms with van der Waals surface area (Å²) in [5.74, 6) is 1.22. The number of amides is 1. The first-order chi connectivity index (χ1) is 16.8. The van der Waals surface area contributed by atoms with Crippen LogP contribution in [-0.2, 0) is 22.1 Å². The van der Waals surface area contributed by atoms with Crippen LogP contribution in [0.2, 0.25) is 0 Å². The average molecular weight is 497 g/mol. The van der Waals surface area contributed by atoms with Gasteiger partial charge in [0.2, 0.25) is 0 Å². The van der Waals surface area contributed by atoms with Gasteiger partial charge in [-0.15, -0.1) is 0 Å². The van der Waals surface area contributed by atoms with Gasteiger partial charge in [-0.3, -0.25) is 4.79 Å². The molecule has 2 fully saturated rings. The van der Waals surface area contributed by atoms with Crippen LogP contribution in [-0.4, -0.2) is 29.7 Å². The Morgan fingerprint density at radius 2 is 1.56 bits per heavy atom. The molecule has 1 saturated carbocycles. The third-order valence-electron chi connectivity index (χ3n) is 8.15. The summed E-state index contributed by atoms with van der Waals surface area (Å²) in [5.41, 5.74) is 4.47. The van der Waals surface area contributed by atoms with Crippen molar-refractivity contribution in [3.05, 3.63) is 46.4 Å². The highest BCUT2D eigenvalue weighted by molar-refractivity contribution is 5.97. The zero-order valence-corrected chi connectivity index (χ0v) is 23.6. The van der Waals surface area contributed by atoms with E-state index < -0.39 is 0 Å². The average Bonchev–Trinajstić information content (AvgIpc) is 3.07. The van der Waals surface area contributed by atoms with Gasteiger partial charge in [0.25, 0.3) is 5.91 Å². The van der Waals surface area contributed by atoms with Crippen molar-refractivity contribution in [2.24, 2.45) is 11.8 Å². The minimum absolute atomic E-state index is 0.0488. The summed E-state index contributed by atoms with van der Waals surface area (Å²) in [6.45, 7) is 18.8. The highest BCUT2D eigenvalue weighted by atomic mass is 19.1. The summed E-state index contributed by atoms with van der Waals surface area (Å²) in [5, 5.41) is 3.12. The number of halogens is 1. The Hall–Kier alpha value is -2.14. The predicted molar refractivity (Wildman–Crippen MR) is 145 cm³/mol. The molecule has 5 heteroatoms. The summed E-state index contributed by atoms with van der Waals surface area (Å²) in [6.07, 6.45) is 4.94. The second kappa shape index (κ2) is 9.96. The smallest absolute Gasteiger partial charge is 0.253 e. The number of carbonyl (C=O) groups is 1. The van der Waals surface area contributed by atoms with Crippen molar-refractivity contribution < 1.29 is 13.9 Å². The van der Waals surface area contributed by atoms with Gasteiger partial charge in [0.1, 0.15) is 5.82 Å². The third kappa shape index (κ3) is 5.56. The van der Waals surface area contributed by atoms with Crippen molar-refractivity contribution in [1.29, 1.82) is 0 Å². The molecule has 1 amide bonds. The van der Waals surface area contributed by atoms with Crippen molar-refractivity contribution in [1.82, 2.24) is 9.88 Å². The molecule has 0 radical (unpaired) electrons. The highest BCUT2D eigenvalue weighted by Gasteiger charge is 2.30. The third-order valence-corrected chi connectivity index (χ3v) is 8.15. The summed E-state index contributed by atoms with van der Waals surface area (Å²) in [6, 6.07) is 6.14. The lowest BCUT2D eigenvalue weighted by atomic mass is 9.78. The summed E-state index contributed by atoms with van der Waals surface area (Å²) in [7, 11) is 0. The van der Waals surface area contributed by atoms with E-state index in [1.807, 2.05) is 18.2 Å².